The smallest absolute Gasteiger partial charge is 0.263 e. The van der Waals surface area contributed by atoms with E-state index >= 15 is 0 Å². The van der Waals surface area contributed by atoms with Gasteiger partial charge in [-0.05, 0) is 23.8 Å². The summed E-state index contributed by atoms with van der Waals surface area (Å²) in [6.45, 7) is 0.270. The summed E-state index contributed by atoms with van der Waals surface area (Å²) >= 11 is 0. The van der Waals surface area contributed by atoms with E-state index in [1.54, 1.807) is 24.3 Å². The van der Waals surface area contributed by atoms with Crippen molar-refractivity contribution in [3.05, 3.63) is 54.4 Å². The van der Waals surface area contributed by atoms with Crippen LogP contribution in [0.4, 0.5) is 5.69 Å². The SMILES string of the molecule is NCc1ccccc1NS(=O)(=O)c1cccnc1. The molecule has 18 heavy (non-hydrogen) atoms. The Morgan fingerprint density at radius 3 is 2.61 bits per heavy atom. The van der Waals surface area contributed by atoms with Gasteiger partial charge in [-0.2, -0.15) is 0 Å². The minimum Gasteiger partial charge on any atom is -0.326 e. The quantitative estimate of drug-likeness (QED) is 0.871. The Balaban J connectivity index is 2.34. The van der Waals surface area contributed by atoms with Gasteiger partial charge >= 0.3 is 0 Å². The van der Waals surface area contributed by atoms with Gasteiger partial charge in [0.15, 0.2) is 0 Å². The van der Waals surface area contributed by atoms with Crippen LogP contribution in [0.15, 0.2) is 53.7 Å². The molecule has 0 saturated heterocycles. The molecule has 0 amide bonds. The van der Waals surface area contributed by atoms with Crippen molar-refractivity contribution in [1.29, 1.82) is 0 Å². The maximum Gasteiger partial charge on any atom is 0.263 e. The van der Waals surface area contributed by atoms with Crippen LogP contribution in [-0.4, -0.2) is 13.4 Å². The van der Waals surface area contributed by atoms with Crippen LogP contribution in [0.1, 0.15) is 5.56 Å². The predicted molar refractivity (Wildman–Crippen MR) is 69.4 cm³/mol. The maximum absolute atomic E-state index is 12.1. The number of hydrogen-bond acceptors (Lipinski definition) is 4. The van der Waals surface area contributed by atoms with Gasteiger partial charge in [0.2, 0.25) is 0 Å². The largest absolute Gasteiger partial charge is 0.326 e. The molecule has 0 unspecified atom stereocenters. The van der Waals surface area contributed by atoms with E-state index in [1.807, 2.05) is 6.07 Å². The first-order valence-electron chi connectivity index (χ1n) is 5.34. The third-order valence-electron chi connectivity index (χ3n) is 2.43. The zero-order valence-electron chi connectivity index (χ0n) is 9.58. The van der Waals surface area contributed by atoms with Crippen molar-refractivity contribution in [1.82, 2.24) is 4.98 Å². The molecular formula is C12H13N3O2S. The Kier molecular flexibility index (Phi) is 3.59. The summed E-state index contributed by atoms with van der Waals surface area (Å²) in [6, 6.07) is 10.1. The van der Waals surface area contributed by atoms with E-state index in [1.165, 1.54) is 18.5 Å². The standard InChI is InChI=1S/C12H13N3O2S/c13-8-10-4-1-2-6-12(10)15-18(16,17)11-5-3-7-14-9-11/h1-7,9,15H,8,13H2. The predicted octanol–water partition coefficient (Wildman–Crippen LogP) is 1.34. The minimum atomic E-state index is -3.61. The second-order valence-electron chi connectivity index (χ2n) is 3.66. The van der Waals surface area contributed by atoms with Gasteiger partial charge in [0.25, 0.3) is 10.0 Å². The lowest BCUT2D eigenvalue weighted by Gasteiger charge is -2.11. The number of rotatable bonds is 4. The van der Waals surface area contributed by atoms with E-state index in [9.17, 15) is 8.42 Å². The number of benzene rings is 1. The number of para-hydroxylation sites is 1. The summed E-state index contributed by atoms with van der Waals surface area (Å²) in [5.41, 5.74) is 6.79. The van der Waals surface area contributed by atoms with E-state index in [-0.39, 0.29) is 11.4 Å². The van der Waals surface area contributed by atoms with Crippen molar-refractivity contribution in [2.24, 2.45) is 5.73 Å². The van der Waals surface area contributed by atoms with Gasteiger partial charge in [-0.15, -0.1) is 0 Å². The number of sulfonamides is 1. The third-order valence-corrected chi connectivity index (χ3v) is 3.78. The van der Waals surface area contributed by atoms with Gasteiger partial charge < -0.3 is 5.73 Å². The first-order chi connectivity index (χ1) is 8.63. The van der Waals surface area contributed by atoms with Gasteiger partial charge in [-0.1, -0.05) is 18.2 Å². The first-order valence-corrected chi connectivity index (χ1v) is 6.82. The minimum absolute atomic E-state index is 0.122. The number of nitrogens with zero attached hydrogens (tertiary/aromatic N) is 1. The molecule has 1 heterocycles. The van der Waals surface area contributed by atoms with Crippen LogP contribution in [0.25, 0.3) is 0 Å². The average Bonchev–Trinajstić information content (AvgIpc) is 2.40. The monoisotopic (exact) mass is 263 g/mol. The Hall–Kier alpha value is -1.92. The van der Waals surface area contributed by atoms with E-state index in [2.05, 4.69) is 9.71 Å². The van der Waals surface area contributed by atoms with Crippen molar-refractivity contribution in [3.63, 3.8) is 0 Å². The number of anilines is 1. The number of aromatic nitrogens is 1. The van der Waals surface area contributed by atoms with Crippen molar-refractivity contribution >= 4 is 15.7 Å². The van der Waals surface area contributed by atoms with Crippen LogP contribution < -0.4 is 10.5 Å². The Morgan fingerprint density at radius 1 is 1.17 bits per heavy atom. The van der Waals surface area contributed by atoms with Crippen LogP contribution >= 0.6 is 0 Å². The number of hydrogen-bond donors (Lipinski definition) is 2. The fourth-order valence-corrected chi connectivity index (χ4v) is 2.57. The highest BCUT2D eigenvalue weighted by molar-refractivity contribution is 7.92. The fraction of sp³-hybridized carbons (Fsp3) is 0.0833. The zero-order valence-corrected chi connectivity index (χ0v) is 10.4. The highest BCUT2D eigenvalue weighted by Crippen LogP contribution is 2.18. The summed E-state index contributed by atoms with van der Waals surface area (Å²) in [5.74, 6) is 0. The van der Waals surface area contributed by atoms with Crippen molar-refractivity contribution in [3.8, 4) is 0 Å². The number of nitrogens with two attached hydrogens (primary N) is 1. The second kappa shape index (κ2) is 5.16. The van der Waals surface area contributed by atoms with Crippen molar-refractivity contribution in [2.75, 3.05) is 4.72 Å². The molecule has 1 aromatic heterocycles. The molecule has 0 aliphatic heterocycles. The summed E-state index contributed by atoms with van der Waals surface area (Å²) in [6.07, 6.45) is 2.82. The molecule has 2 aromatic rings. The van der Waals surface area contributed by atoms with E-state index in [4.69, 9.17) is 5.73 Å². The molecule has 0 bridgehead atoms. The Labute approximate surface area is 106 Å². The van der Waals surface area contributed by atoms with E-state index in [0.29, 0.717) is 5.69 Å². The van der Waals surface area contributed by atoms with Crippen LogP contribution in [-0.2, 0) is 16.6 Å². The zero-order chi connectivity index (χ0) is 13.0. The second-order valence-corrected chi connectivity index (χ2v) is 5.34. The number of pyridine rings is 1. The molecule has 2 rings (SSSR count). The van der Waals surface area contributed by atoms with Gasteiger partial charge in [-0.3, -0.25) is 9.71 Å². The highest BCUT2D eigenvalue weighted by Gasteiger charge is 2.15. The van der Waals surface area contributed by atoms with Gasteiger partial charge in [-0.25, -0.2) is 8.42 Å². The molecule has 3 N–H and O–H groups in total. The molecule has 6 heteroatoms. The Bertz CT molecular complexity index is 627. The highest BCUT2D eigenvalue weighted by atomic mass is 32.2. The molecular weight excluding hydrogens is 250 g/mol. The molecule has 0 fully saturated rings. The lowest BCUT2D eigenvalue weighted by Crippen LogP contribution is -2.15. The van der Waals surface area contributed by atoms with Gasteiger partial charge in [0.05, 0.1) is 5.69 Å². The first kappa shape index (κ1) is 12.5. The Morgan fingerprint density at radius 2 is 1.94 bits per heavy atom. The fourth-order valence-electron chi connectivity index (χ4n) is 1.51. The normalized spacial score (nSPS) is 11.2. The van der Waals surface area contributed by atoms with Crippen LogP contribution in [0, 0.1) is 0 Å². The maximum atomic E-state index is 12.1. The third kappa shape index (κ3) is 2.66. The molecule has 94 valence electrons. The van der Waals surface area contributed by atoms with E-state index in [0.717, 1.165) is 5.56 Å². The number of nitrogens with one attached hydrogen (secondary N) is 1. The van der Waals surface area contributed by atoms with Gasteiger partial charge in [0.1, 0.15) is 4.90 Å². The molecule has 0 radical (unpaired) electrons. The summed E-state index contributed by atoms with van der Waals surface area (Å²) in [4.78, 5) is 3.91. The van der Waals surface area contributed by atoms with Crippen LogP contribution in [0.2, 0.25) is 0 Å². The topological polar surface area (TPSA) is 85.1 Å². The lowest BCUT2D eigenvalue weighted by atomic mass is 10.2. The molecule has 0 aliphatic rings. The van der Waals surface area contributed by atoms with Crippen LogP contribution in [0.5, 0.6) is 0 Å². The lowest BCUT2D eigenvalue weighted by molar-refractivity contribution is 0.600. The molecule has 0 saturated carbocycles. The van der Waals surface area contributed by atoms with Crippen molar-refractivity contribution in [2.45, 2.75) is 11.4 Å². The molecule has 0 spiro atoms. The van der Waals surface area contributed by atoms with E-state index < -0.39 is 10.0 Å². The molecule has 5 nitrogen and oxygen atoms in total. The van der Waals surface area contributed by atoms with Gasteiger partial charge in [0, 0.05) is 18.9 Å². The molecule has 0 atom stereocenters. The van der Waals surface area contributed by atoms with Crippen LogP contribution in [0.3, 0.4) is 0 Å². The summed E-state index contributed by atoms with van der Waals surface area (Å²) in [5, 5.41) is 0. The molecule has 0 aliphatic carbocycles. The molecule has 1 aromatic carbocycles. The van der Waals surface area contributed by atoms with Crippen molar-refractivity contribution < 1.29 is 8.42 Å². The average molecular weight is 263 g/mol. The summed E-state index contributed by atoms with van der Waals surface area (Å²) < 4.78 is 26.7. The summed E-state index contributed by atoms with van der Waals surface area (Å²) in [7, 11) is -3.61.